The van der Waals surface area contributed by atoms with Crippen LogP contribution in [-0.2, 0) is 0 Å². The molecule has 4 rings (SSSR count). The van der Waals surface area contributed by atoms with Crippen LogP contribution in [0.5, 0.6) is 0 Å². The van der Waals surface area contributed by atoms with Gasteiger partial charge in [0, 0.05) is 37.1 Å². The first-order valence-electron chi connectivity index (χ1n) is 10.0. The van der Waals surface area contributed by atoms with Crippen molar-refractivity contribution >= 4 is 23.2 Å². The van der Waals surface area contributed by atoms with Crippen LogP contribution in [0.1, 0.15) is 40.0 Å². The summed E-state index contributed by atoms with van der Waals surface area (Å²) in [5.74, 6) is -0.656. The molecule has 1 fully saturated rings. The summed E-state index contributed by atoms with van der Waals surface area (Å²) in [6.45, 7) is 1.39. The highest BCUT2D eigenvalue weighted by Gasteiger charge is 2.23. The van der Waals surface area contributed by atoms with Crippen LogP contribution in [0.3, 0.4) is 0 Å². The van der Waals surface area contributed by atoms with Gasteiger partial charge in [0.2, 0.25) is 0 Å². The summed E-state index contributed by atoms with van der Waals surface area (Å²) in [6.07, 6.45) is 7.59. The van der Waals surface area contributed by atoms with Crippen molar-refractivity contribution in [2.75, 3.05) is 18.4 Å². The van der Waals surface area contributed by atoms with Crippen LogP contribution < -0.4 is 5.32 Å². The number of piperidine rings is 1. The van der Waals surface area contributed by atoms with E-state index in [0.29, 0.717) is 30.0 Å². The number of benzene rings is 2. The minimum absolute atomic E-state index is 0.121. The smallest absolute Gasteiger partial charge is 0.294 e. The molecule has 0 radical (unpaired) electrons. The molecule has 158 valence electrons. The number of nitrogens with one attached hydrogen (secondary N) is 1. The quantitative estimate of drug-likeness (QED) is 0.501. The molecule has 0 aliphatic carbocycles. The first-order chi connectivity index (χ1) is 15.0. The van der Waals surface area contributed by atoms with E-state index in [9.17, 15) is 19.7 Å². The van der Waals surface area contributed by atoms with E-state index in [2.05, 4.69) is 10.3 Å². The van der Waals surface area contributed by atoms with Gasteiger partial charge in [-0.1, -0.05) is 12.1 Å². The third kappa shape index (κ3) is 4.30. The summed E-state index contributed by atoms with van der Waals surface area (Å²) in [5, 5.41) is 14.3. The first kappa shape index (κ1) is 20.3. The molecule has 1 N–H and O–H groups in total. The van der Waals surface area contributed by atoms with Gasteiger partial charge in [-0.3, -0.25) is 19.7 Å². The predicted molar refractivity (Wildman–Crippen MR) is 114 cm³/mol. The highest BCUT2D eigenvalue weighted by atomic mass is 16.6. The van der Waals surface area contributed by atoms with Crippen LogP contribution in [0, 0.1) is 10.1 Å². The number of aromatic nitrogens is 2. The number of imidazole rings is 1. The second-order valence-corrected chi connectivity index (χ2v) is 7.28. The van der Waals surface area contributed by atoms with Gasteiger partial charge < -0.3 is 14.8 Å². The van der Waals surface area contributed by atoms with Gasteiger partial charge in [-0.25, -0.2) is 4.98 Å². The Morgan fingerprint density at radius 1 is 1.06 bits per heavy atom. The van der Waals surface area contributed by atoms with E-state index in [0.717, 1.165) is 19.3 Å². The number of likely N-dealkylation sites (tertiary alicyclic amines) is 1. The lowest BCUT2D eigenvalue weighted by atomic mass is 10.1. The molecule has 0 bridgehead atoms. The summed E-state index contributed by atoms with van der Waals surface area (Å²) in [5.41, 5.74) is 0.991. The molecule has 0 unspecified atom stereocenters. The molecule has 0 saturated carbocycles. The molecule has 1 aromatic heterocycles. The number of rotatable bonds is 5. The number of carbonyl (C=O) groups excluding carboxylic acids is 2. The second kappa shape index (κ2) is 8.78. The molecule has 0 spiro atoms. The molecule has 1 saturated heterocycles. The zero-order valence-electron chi connectivity index (χ0n) is 16.7. The molecule has 9 heteroatoms. The van der Waals surface area contributed by atoms with Crippen molar-refractivity contribution in [1.29, 1.82) is 0 Å². The SMILES string of the molecule is O=C(Nc1ccccc1C(=O)N1CCCCC1)c1ccc(-n2ccnc2)c([N+](=O)[O-])c1. The minimum Gasteiger partial charge on any atom is -0.339 e. The van der Waals surface area contributed by atoms with Crippen molar-refractivity contribution in [2.45, 2.75) is 19.3 Å². The van der Waals surface area contributed by atoms with Gasteiger partial charge in [-0.15, -0.1) is 0 Å². The lowest BCUT2D eigenvalue weighted by Crippen LogP contribution is -2.36. The Morgan fingerprint density at radius 3 is 2.55 bits per heavy atom. The van der Waals surface area contributed by atoms with Crippen LogP contribution in [0.15, 0.2) is 61.2 Å². The van der Waals surface area contributed by atoms with Crippen molar-refractivity contribution in [2.24, 2.45) is 0 Å². The van der Waals surface area contributed by atoms with Crippen LogP contribution in [0.25, 0.3) is 5.69 Å². The maximum absolute atomic E-state index is 12.9. The maximum atomic E-state index is 12.9. The van der Waals surface area contributed by atoms with Gasteiger partial charge in [-0.05, 0) is 43.5 Å². The van der Waals surface area contributed by atoms with Crippen molar-refractivity contribution in [3.05, 3.63) is 82.4 Å². The lowest BCUT2D eigenvalue weighted by molar-refractivity contribution is -0.384. The largest absolute Gasteiger partial charge is 0.339 e. The number of anilines is 1. The summed E-state index contributed by atoms with van der Waals surface area (Å²) in [4.78, 5) is 42.5. The van der Waals surface area contributed by atoms with Gasteiger partial charge in [0.25, 0.3) is 17.5 Å². The van der Waals surface area contributed by atoms with E-state index >= 15 is 0 Å². The minimum atomic E-state index is -0.542. The molecular formula is C22H21N5O4. The van der Waals surface area contributed by atoms with Crippen LogP contribution in [0.2, 0.25) is 0 Å². The zero-order valence-corrected chi connectivity index (χ0v) is 16.7. The van der Waals surface area contributed by atoms with E-state index in [4.69, 9.17) is 0 Å². The number of hydrogen-bond donors (Lipinski definition) is 1. The maximum Gasteiger partial charge on any atom is 0.294 e. The molecule has 0 atom stereocenters. The van der Waals surface area contributed by atoms with E-state index in [-0.39, 0.29) is 17.2 Å². The Hall–Kier alpha value is -4.01. The molecule has 2 aromatic carbocycles. The van der Waals surface area contributed by atoms with Crippen LogP contribution in [0.4, 0.5) is 11.4 Å². The Morgan fingerprint density at radius 2 is 1.84 bits per heavy atom. The Balaban J connectivity index is 1.60. The van der Waals surface area contributed by atoms with Gasteiger partial charge in [0.05, 0.1) is 22.5 Å². The van der Waals surface area contributed by atoms with E-state index in [1.807, 2.05) is 0 Å². The fourth-order valence-electron chi connectivity index (χ4n) is 3.67. The van der Waals surface area contributed by atoms with E-state index in [1.165, 1.54) is 35.3 Å². The van der Waals surface area contributed by atoms with Crippen LogP contribution >= 0.6 is 0 Å². The fraction of sp³-hybridized carbons (Fsp3) is 0.227. The fourth-order valence-corrected chi connectivity index (χ4v) is 3.67. The standard InChI is InChI=1S/C22H21N5O4/c28-21(16-8-9-19(20(14-16)27(30)31)26-13-10-23-15-26)24-18-7-3-2-6-17(18)22(29)25-11-4-1-5-12-25/h2-3,6-10,13-15H,1,4-5,11-12H2,(H,24,28). The van der Waals surface area contributed by atoms with Gasteiger partial charge in [0.15, 0.2) is 0 Å². The molecular weight excluding hydrogens is 398 g/mol. The number of nitro benzene ring substituents is 1. The van der Waals surface area contributed by atoms with E-state index in [1.54, 1.807) is 35.4 Å². The molecule has 9 nitrogen and oxygen atoms in total. The molecule has 31 heavy (non-hydrogen) atoms. The second-order valence-electron chi connectivity index (χ2n) is 7.28. The van der Waals surface area contributed by atoms with Crippen molar-refractivity contribution in [1.82, 2.24) is 14.5 Å². The van der Waals surface area contributed by atoms with Gasteiger partial charge >= 0.3 is 0 Å². The summed E-state index contributed by atoms with van der Waals surface area (Å²) in [6, 6.07) is 11.0. The third-order valence-electron chi connectivity index (χ3n) is 5.27. The molecule has 3 aromatic rings. The number of para-hydroxylation sites is 1. The number of amides is 2. The van der Waals surface area contributed by atoms with Crippen molar-refractivity contribution in [3.8, 4) is 5.69 Å². The Bertz CT molecular complexity index is 1120. The summed E-state index contributed by atoms with van der Waals surface area (Å²) < 4.78 is 1.51. The molecule has 2 amide bonds. The molecule has 1 aliphatic heterocycles. The number of hydrogen-bond acceptors (Lipinski definition) is 5. The predicted octanol–water partition coefficient (Wildman–Crippen LogP) is 3.66. The lowest BCUT2D eigenvalue weighted by Gasteiger charge is -2.27. The summed E-state index contributed by atoms with van der Waals surface area (Å²) in [7, 11) is 0. The van der Waals surface area contributed by atoms with Crippen LogP contribution in [-0.4, -0.2) is 44.3 Å². The van der Waals surface area contributed by atoms with Gasteiger partial charge in [0.1, 0.15) is 5.69 Å². The number of nitrogens with zero attached hydrogens (tertiary/aromatic N) is 4. The Labute approximate surface area is 178 Å². The van der Waals surface area contributed by atoms with E-state index < -0.39 is 10.8 Å². The zero-order chi connectivity index (χ0) is 21.8. The average molecular weight is 419 g/mol. The van der Waals surface area contributed by atoms with Gasteiger partial charge in [-0.2, -0.15) is 0 Å². The summed E-state index contributed by atoms with van der Waals surface area (Å²) >= 11 is 0. The Kier molecular flexibility index (Phi) is 5.74. The highest BCUT2D eigenvalue weighted by molar-refractivity contribution is 6.09. The average Bonchev–Trinajstić information content (AvgIpc) is 3.34. The first-order valence-corrected chi connectivity index (χ1v) is 10.0. The van der Waals surface area contributed by atoms with Crippen molar-refractivity contribution in [3.63, 3.8) is 0 Å². The van der Waals surface area contributed by atoms with Crippen molar-refractivity contribution < 1.29 is 14.5 Å². The third-order valence-corrected chi connectivity index (χ3v) is 5.27. The number of nitro groups is 1. The topological polar surface area (TPSA) is 110 Å². The highest BCUT2D eigenvalue weighted by Crippen LogP contribution is 2.26. The normalized spacial score (nSPS) is 13.6. The molecule has 1 aliphatic rings. The molecule has 2 heterocycles. The number of carbonyl (C=O) groups is 2. The monoisotopic (exact) mass is 419 g/mol.